The highest BCUT2D eigenvalue weighted by Crippen LogP contribution is 2.15. The average molecular weight is 309 g/mol. The third-order valence-electron chi connectivity index (χ3n) is 3.26. The van der Waals surface area contributed by atoms with Crippen LogP contribution in [0.25, 0.3) is 0 Å². The summed E-state index contributed by atoms with van der Waals surface area (Å²) >= 11 is 0. The number of nitrogens with one attached hydrogen (secondary N) is 1. The fourth-order valence-electron chi connectivity index (χ4n) is 2.20. The molecule has 1 aromatic rings. The molecule has 22 heavy (non-hydrogen) atoms. The van der Waals surface area contributed by atoms with Gasteiger partial charge < -0.3 is 19.5 Å². The van der Waals surface area contributed by atoms with E-state index in [2.05, 4.69) is 10.5 Å². The molecular weight excluding hydrogens is 290 g/mol. The molecule has 1 aliphatic rings. The Kier molecular flexibility index (Phi) is 5.13. The third kappa shape index (κ3) is 3.63. The molecule has 120 valence electrons. The molecule has 0 saturated carbocycles. The predicted molar refractivity (Wildman–Crippen MR) is 74.9 cm³/mol. The Balaban J connectivity index is 2.10. The number of carbonyl (C=O) groups is 3. The highest BCUT2D eigenvalue weighted by atomic mass is 16.5. The van der Waals surface area contributed by atoms with Gasteiger partial charge in [0.1, 0.15) is 6.04 Å². The summed E-state index contributed by atoms with van der Waals surface area (Å²) in [6.45, 7) is 4.50. The van der Waals surface area contributed by atoms with E-state index in [-0.39, 0.29) is 18.1 Å². The molecule has 2 rings (SSSR count). The van der Waals surface area contributed by atoms with Crippen molar-refractivity contribution in [3.63, 3.8) is 0 Å². The number of esters is 1. The highest BCUT2D eigenvalue weighted by molar-refractivity contribution is 5.97. The number of hydrogen-bond donors (Lipinski definition) is 1. The van der Waals surface area contributed by atoms with Crippen LogP contribution in [0.5, 0.6) is 0 Å². The summed E-state index contributed by atoms with van der Waals surface area (Å²) in [7, 11) is 0. The number of piperazine rings is 1. The zero-order valence-electron chi connectivity index (χ0n) is 12.6. The van der Waals surface area contributed by atoms with Gasteiger partial charge in [-0.05, 0) is 13.3 Å². The van der Waals surface area contributed by atoms with Crippen molar-refractivity contribution in [2.75, 3.05) is 19.7 Å². The van der Waals surface area contributed by atoms with Crippen molar-refractivity contribution in [1.29, 1.82) is 0 Å². The van der Waals surface area contributed by atoms with Gasteiger partial charge in [-0.15, -0.1) is 0 Å². The lowest BCUT2D eigenvalue weighted by atomic mass is 10.1. The van der Waals surface area contributed by atoms with E-state index in [9.17, 15) is 14.4 Å². The monoisotopic (exact) mass is 309 g/mol. The highest BCUT2D eigenvalue weighted by Gasteiger charge is 2.36. The van der Waals surface area contributed by atoms with E-state index in [0.717, 1.165) is 0 Å². The molecule has 0 radical (unpaired) electrons. The second-order valence-electron chi connectivity index (χ2n) is 5.06. The molecular formula is C14H19N3O5. The maximum atomic E-state index is 12.4. The summed E-state index contributed by atoms with van der Waals surface area (Å²) < 4.78 is 9.93. The molecule has 8 nitrogen and oxygen atoms in total. The minimum absolute atomic E-state index is 0.0547. The van der Waals surface area contributed by atoms with E-state index in [4.69, 9.17) is 9.26 Å². The largest absolute Gasteiger partial charge is 0.466 e. The molecule has 8 heteroatoms. The van der Waals surface area contributed by atoms with Crippen LogP contribution >= 0.6 is 0 Å². The van der Waals surface area contributed by atoms with Crippen LogP contribution in [0.15, 0.2) is 10.6 Å². The first-order valence-corrected chi connectivity index (χ1v) is 7.20. The van der Waals surface area contributed by atoms with E-state index in [0.29, 0.717) is 31.8 Å². The molecule has 0 bridgehead atoms. The average Bonchev–Trinajstić information content (AvgIpc) is 2.93. The van der Waals surface area contributed by atoms with E-state index in [1.807, 2.05) is 6.92 Å². The van der Waals surface area contributed by atoms with Crippen molar-refractivity contribution in [2.24, 2.45) is 0 Å². The van der Waals surface area contributed by atoms with Gasteiger partial charge in [-0.3, -0.25) is 14.4 Å². The summed E-state index contributed by atoms with van der Waals surface area (Å²) in [5.41, 5.74) is 0.573. The standard InChI is InChI=1S/C14H19N3O5/c1-3-6-21-12(18)8-10-13(19)15-4-5-17(10)14(20)11-7-9(2)16-22-11/h7,10H,3-6,8H2,1-2H3,(H,15,19). The topological polar surface area (TPSA) is 102 Å². The van der Waals surface area contributed by atoms with Crippen LogP contribution in [-0.2, 0) is 14.3 Å². The Hall–Kier alpha value is -2.38. The van der Waals surface area contributed by atoms with Gasteiger partial charge in [-0.2, -0.15) is 0 Å². The molecule has 1 fully saturated rings. The first-order valence-electron chi connectivity index (χ1n) is 7.20. The molecule has 2 heterocycles. The number of ether oxygens (including phenoxy) is 1. The van der Waals surface area contributed by atoms with Crippen molar-refractivity contribution < 1.29 is 23.6 Å². The Labute approximate surface area is 127 Å². The zero-order valence-corrected chi connectivity index (χ0v) is 12.6. The van der Waals surface area contributed by atoms with Crippen molar-refractivity contribution in [3.8, 4) is 0 Å². The molecule has 2 amide bonds. The lowest BCUT2D eigenvalue weighted by Crippen LogP contribution is -2.57. The molecule has 1 atom stereocenters. The fourth-order valence-corrected chi connectivity index (χ4v) is 2.20. The number of amides is 2. The molecule has 0 spiro atoms. The number of hydrogen-bond acceptors (Lipinski definition) is 6. The number of aryl methyl sites for hydroxylation is 1. The molecule has 1 N–H and O–H groups in total. The number of carbonyl (C=O) groups excluding carboxylic acids is 3. The van der Waals surface area contributed by atoms with Crippen molar-refractivity contribution in [3.05, 3.63) is 17.5 Å². The van der Waals surface area contributed by atoms with E-state index < -0.39 is 17.9 Å². The first kappa shape index (κ1) is 16.0. The summed E-state index contributed by atoms with van der Waals surface area (Å²) in [5.74, 6) is -1.28. The lowest BCUT2D eigenvalue weighted by Gasteiger charge is -2.33. The van der Waals surface area contributed by atoms with Crippen molar-refractivity contribution >= 4 is 17.8 Å². The minimum Gasteiger partial charge on any atom is -0.466 e. The molecule has 1 unspecified atom stereocenters. The van der Waals surface area contributed by atoms with Crippen LogP contribution in [0.2, 0.25) is 0 Å². The van der Waals surface area contributed by atoms with Crippen LogP contribution in [0.3, 0.4) is 0 Å². The first-order chi connectivity index (χ1) is 10.5. The van der Waals surface area contributed by atoms with Gasteiger partial charge in [-0.25, -0.2) is 0 Å². The lowest BCUT2D eigenvalue weighted by molar-refractivity contribution is -0.147. The number of aromatic nitrogens is 1. The smallest absolute Gasteiger partial charge is 0.308 e. The SMILES string of the molecule is CCCOC(=O)CC1C(=O)NCCN1C(=O)c1cc(C)no1. The van der Waals surface area contributed by atoms with Gasteiger partial charge in [0.2, 0.25) is 11.7 Å². The second kappa shape index (κ2) is 7.06. The van der Waals surface area contributed by atoms with Crippen LogP contribution in [0.4, 0.5) is 0 Å². The fraction of sp³-hybridized carbons (Fsp3) is 0.571. The quantitative estimate of drug-likeness (QED) is 0.783. The number of rotatable bonds is 5. The number of nitrogens with zero attached hydrogens (tertiary/aromatic N) is 2. The Bertz CT molecular complexity index is 569. The Morgan fingerprint density at radius 1 is 1.55 bits per heavy atom. The minimum atomic E-state index is -0.893. The van der Waals surface area contributed by atoms with E-state index in [1.54, 1.807) is 6.92 Å². The predicted octanol–water partition coefficient (Wildman–Crippen LogP) is 0.267. The second-order valence-corrected chi connectivity index (χ2v) is 5.06. The summed E-state index contributed by atoms with van der Waals surface area (Å²) in [6.07, 6.45) is 0.521. The van der Waals surface area contributed by atoms with E-state index >= 15 is 0 Å². The van der Waals surface area contributed by atoms with Gasteiger partial charge in [0.25, 0.3) is 5.91 Å². The summed E-state index contributed by atoms with van der Waals surface area (Å²) in [5, 5.41) is 6.31. The van der Waals surface area contributed by atoms with E-state index in [1.165, 1.54) is 11.0 Å². The van der Waals surface area contributed by atoms with Crippen LogP contribution in [-0.4, -0.2) is 53.6 Å². The molecule has 1 saturated heterocycles. The maximum absolute atomic E-state index is 12.4. The van der Waals surface area contributed by atoms with Gasteiger partial charge in [-0.1, -0.05) is 12.1 Å². The van der Waals surface area contributed by atoms with Gasteiger partial charge in [0.05, 0.1) is 18.7 Å². The van der Waals surface area contributed by atoms with Crippen LogP contribution < -0.4 is 5.32 Å². The maximum Gasteiger partial charge on any atom is 0.308 e. The molecule has 0 aliphatic carbocycles. The molecule has 1 aromatic heterocycles. The normalized spacial score (nSPS) is 18.0. The third-order valence-corrected chi connectivity index (χ3v) is 3.26. The summed E-state index contributed by atoms with van der Waals surface area (Å²) in [4.78, 5) is 37.5. The van der Waals surface area contributed by atoms with Crippen LogP contribution in [0.1, 0.15) is 36.0 Å². The molecule has 1 aliphatic heterocycles. The summed E-state index contributed by atoms with van der Waals surface area (Å²) in [6, 6.07) is 0.609. The van der Waals surface area contributed by atoms with Gasteiger partial charge in [0, 0.05) is 19.2 Å². The Morgan fingerprint density at radius 3 is 2.95 bits per heavy atom. The Morgan fingerprint density at radius 2 is 2.32 bits per heavy atom. The zero-order chi connectivity index (χ0) is 16.1. The van der Waals surface area contributed by atoms with Crippen molar-refractivity contribution in [2.45, 2.75) is 32.7 Å². The van der Waals surface area contributed by atoms with Crippen LogP contribution in [0, 0.1) is 6.92 Å². The van der Waals surface area contributed by atoms with Gasteiger partial charge >= 0.3 is 5.97 Å². The van der Waals surface area contributed by atoms with Gasteiger partial charge in [0.15, 0.2) is 0 Å². The molecule has 0 aromatic carbocycles. The van der Waals surface area contributed by atoms with Crippen molar-refractivity contribution in [1.82, 2.24) is 15.4 Å².